The van der Waals surface area contributed by atoms with E-state index in [0.29, 0.717) is 30.0 Å². The van der Waals surface area contributed by atoms with Crippen LogP contribution in [0, 0.1) is 5.92 Å². The highest BCUT2D eigenvalue weighted by Gasteiger charge is 2.32. The molecule has 1 atom stereocenters. The summed E-state index contributed by atoms with van der Waals surface area (Å²) >= 11 is 3.40. The van der Waals surface area contributed by atoms with Crippen LogP contribution in [0.15, 0.2) is 18.2 Å². The lowest BCUT2D eigenvalue weighted by molar-refractivity contribution is -0.117. The van der Waals surface area contributed by atoms with E-state index in [1.54, 1.807) is 30.2 Å². The molecule has 1 unspecified atom stereocenters. The summed E-state index contributed by atoms with van der Waals surface area (Å²) in [5, 5.41) is 0.757. The van der Waals surface area contributed by atoms with E-state index in [2.05, 4.69) is 15.9 Å². The van der Waals surface area contributed by atoms with Gasteiger partial charge in [0.25, 0.3) is 0 Å². The van der Waals surface area contributed by atoms with Gasteiger partial charge in [-0.15, -0.1) is 0 Å². The third-order valence-electron chi connectivity index (χ3n) is 3.32. The fraction of sp³-hybridized carbons (Fsp3) is 0.429. The number of amides is 1. The van der Waals surface area contributed by atoms with Gasteiger partial charge in [0.1, 0.15) is 5.75 Å². The number of nitrogens with zero attached hydrogens (tertiary/aromatic N) is 1. The maximum absolute atomic E-state index is 12.1. The number of alkyl halides is 1. The van der Waals surface area contributed by atoms with Crippen LogP contribution in [0.4, 0.5) is 5.69 Å². The van der Waals surface area contributed by atoms with Gasteiger partial charge < -0.3 is 14.4 Å². The van der Waals surface area contributed by atoms with Crippen molar-refractivity contribution < 1.29 is 19.1 Å². The predicted molar refractivity (Wildman–Crippen MR) is 78.6 cm³/mol. The molecule has 2 rings (SSSR count). The Bertz CT molecular complexity index is 532. The summed E-state index contributed by atoms with van der Waals surface area (Å²) in [4.78, 5) is 25.6. The Morgan fingerprint density at radius 1 is 1.45 bits per heavy atom. The second kappa shape index (κ2) is 6.26. The van der Waals surface area contributed by atoms with Crippen molar-refractivity contribution in [3.63, 3.8) is 0 Å². The monoisotopic (exact) mass is 341 g/mol. The second-order valence-electron chi connectivity index (χ2n) is 4.60. The molecule has 1 heterocycles. The van der Waals surface area contributed by atoms with Crippen LogP contribution >= 0.6 is 15.9 Å². The molecular weight excluding hydrogens is 326 g/mol. The van der Waals surface area contributed by atoms with Gasteiger partial charge in [0, 0.05) is 24.4 Å². The molecule has 6 heteroatoms. The van der Waals surface area contributed by atoms with Crippen LogP contribution in [0.3, 0.4) is 0 Å². The van der Waals surface area contributed by atoms with Crippen LogP contribution in [-0.4, -0.2) is 38.0 Å². The topological polar surface area (TPSA) is 55.8 Å². The summed E-state index contributed by atoms with van der Waals surface area (Å²) in [6, 6.07) is 4.99. The van der Waals surface area contributed by atoms with Gasteiger partial charge >= 0.3 is 5.97 Å². The molecule has 1 saturated heterocycles. The SMILES string of the molecule is COC(=O)c1ccc(OC)cc1N1CC(CBr)CC1=O. The molecule has 20 heavy (non-hydrogen) atoms. The van der Waals surface area contributed by atoms with E-state index in [1.807, 2.05) is 0 Å². The largest absolute Gasteiger partial charge is 0.497 e. The molecular formula is C14H16BrNO4. The first-order valence-corrected chi connectivity index (χ1v) is 7.35. The summed E-state index contributed by atoms with van der Waals surface area (Å²) in [6.45, 7) is 0.585. The highest BCUT2D eigenvalue weighted by Crippen LogP contribution is 2.32. The Morgan fingerprint density at radius 2 is 2.20 bits per heavy atom. The van der Waals surface area contributed by atoms with Gasteiger partial charge in [-0.25, -0.2) is 4.79 Å². The number of benzene rings is 1. The molecule has 1 aliphatic heterocycles. The average Bonchev–Trinajstić information content (AvgIpc) is 2.86. The van der Waals surface area contributed by atoms with E-state index in [4.69, 9.17) is 9.47 Å². The Balaban J connectivity index is 2.42. The molecule has 5 nitrogen and oxygen atoms in total. The van der Waals surface area contributed by atoms with Crippen LogP contribution in [-0.2, 0) is 9.53 Å². The Labute approximate surface area is 126 Å². The average molecular weight is 342 g/mol. The molecule has 108 valence electrons. The molecule has 1 aromatic rings. The third-order valence-corrected chi connectivity index (χ3v) is 4.24. The first-order valence-electron chi connectivity index (χ1n) is 6.23. The Kier molecular flexibility index (Phi) is 4.65. The van der Waals surface area contributed by atoms with Crippen LogP contribution in [0.25, 0.3) is 0 Å². The Hall–Kier alpha value is -1.56. The van der Waals surface area contributed by atoms with Gasteiger partial charge in [-0.2, -0.15) is 0 Å². The number of rotatable bonds is 4. The zero-order valence-corrected chi connectivity index (χ0v) is 13.0. The van der Waals surface area contributed by atoms with Crippen LogP contribution < -0.4 is 9.64 Å². The maximum Gasteiger partial charge on any atom is 0.339 e. The summed E-state index contributed by atoms with van der Waals surface area (Å²) < 4.78 is 9.94. The molecule has 0 N–H and O–H groups in total. The lowest BCUT2D eigenvalue weighted by Gasteiger charge is -2.20. The fourth-order valence-electron chi connectivity index (χ4n) is 2.26. The van der Waals surface area contributed by atoms with Gasteiger partial charge in [0.2, 0.25) is 5.91 Å². The molecule has 1 fully saturated rings. The summed E-state index contributed by atoms with van der Waals surface area (Å²) in [7, 11) is 2.87. The standard InChI is InChI=1S/C14H16BrNO4/c1-19-10-3-4-11(14(18)20-2)12(6-10)16-8-9(7-15)5-13(16)17/h3-4,6,9H,5,7-8H2,1-2H3. The van der Waals surface area contributed by atoms with E-state index in [9.17, 15) is 9.59 Å². The second-order valence-corrected chi connectivity index (χ2v) is 5.25. The van der Waals surface area contributed by atoms with E-state index in [1.165, 1.54) is 7.11 Å². The fourth-order valence-corrected chi connectivity index (χ4v) is 2.70. The summed E-state index contributed by atoms with van der Waals surface area (Å²) in [5.74, 6) is 0.396. The number of carbonyl (C=O) groups is 2. The number of ether oxygens (including phenoxy) is 2. The Morgan fingerprint density at radius 3 is 2.75 bits per heavy atom. The number of hydrogen-bond donors (Lipinski definition) is 0. The molecule has 0 spiro atoms. The molecule has 0 saturated carbocycles. The molecule has 1 aromatic carbocycles. The summed E-state index contributed by atoms with van der Waals surface area (Å²) in [6.07, 6.45) is 0.475. The minimum atomic E-state index is -0.460. The van der Waals surface area contributed by atoms with Crippen molar-refractivity contribution in [2.24, 2.45) is 5.92 Å². The zero-order chi connectivity index (χ0) is 14.7. The molecule has 0 bridgehead atoms. The van der Waals surface area contributed by atoms with E-state index in [-0.39, 0.29) is 11.8 Å². The van der Waals surface area contributed by atoms with Gasteiger partial charge in [-0.3, -0.25) is 4.79 Å². The van der Waals surface area contributed by atoms with E-state index < -0.39 is 5.97 Å². The number of esters is 1. The van der Waals surface area contributed by atoms with Crippen LogP contribution in [0.2, 0.25) is 0 Å². The van der Waals surface area contributed by atoms with E-state index in [0.717, 1.165) is 5.33 Å². The summed E-state index contributed by atoms with van der Waals surface area (Å²) in [5.41, 5.74) is 0.918. The first kappa shape index (κ1) is 14.8. The van der Waals surface area contributed by atoms with Crippen LogP contribution in [0.5, 0.6) is 5.75 Å². The van der Waals surface area contributed by atoms with Gasteiger partial charge in [0.05, 0.1) is 25.5 Å². The highest BCUT2D eigenvalue weighted by atomic mass is 79.9. The normalized spacial score (nSPS) is 18.2. The third kappa shape index (κ3) is 2.80. The van der Waals surface area contributed by atoms with Crippen LogP contribution in [0.1, 0.15) is 16.8 Å². The maximum atomic E-state index is 12.1. The lowest BCUT2D eigenvalue weighted by Crippen LogP contribution is -2.27. The minimum absolute atomic E-state index is 0.00727. The number of methoxy groups -OCH3 is 2. The molecule has 1 aliphatic rings. The quantitative estimate of drug-likeness (QED) is 0.622. The van der Waals surface area contributed by atoms with Crippen molar-refractivity contribution in [2.75, 3.05) is 31.0 Å². The lowest BCUT2D eigenvalue weighted by atomic mass is 10.1. The highest BCUT2D eigenvalue weighted by molar-refractivity contribution is 9.09. The van der Waals surface area contributed by atoms with Crippen molar-refractivity contribution >= 4 is 33.5 Å². The van der Waals surface area contributed by atoms with Crippen molar-refractivity contribution in [2.45, 2.75) is 6.42 Å². The zero-order valence-electron chi connectivity index (χ0n) is 11.4. The molecule has 1 amide bonds. The van der Waals surface area contributed by atoms with Gasteiger partial charge in [-0.05, 0) is 18.1 Å². The van der Waals surface area contributed by atoms with Crippen molar-refractivity contribution in [3.8, 4) is 5.75 Å². The first-order chi connectivity index (χ1) is 9.60. The van der Waals surface area contributed by atoms with Gasteiger partial charge in [-0.1, -0.05) is 15.9 Å². The van der Waals surface area contributed by atoms with Crippen molar-refractivity contribution in [3.05, 3.63) is 23.8 Å². The van der Waals surface area contributed by atoms with Gasteiger partial charge in [0.15, 0.2) is 0 Å². The number of carbonyl (C=O) groups excluding carboxylic acids is 2. The smallest absolute Gasteiger partial charge is 0.339 e. The molecule has 0 radical (unpaired) electrons. The van der Waals surface area contributed by atoms with Crippen molar-refractivity contribution in [1.82, 2.24) is 0 Å². The molecule has 0 aliphatic carbocycles. The number of anilines is 1. The number of halogens is 1. The number of hydrogen-bond acceptors (Lipinski definition) is 4. The molecule has 0 aromatic heterocycles. The minimum Gasteiger partial charge on any atom is -0.497 e. The predicted octanol–water partition coefficient (Wildman–Crippen LogP) is 2.23. The van der Waals surface area contributed by atoms with Crippen molar-refractivity contribution in [1.29, 1.82) is 0 Å². The van der Waals surface area contributed by atoms with E-state index >= 15 is 0 Å².